The van der Waals surface area contributed by atoms with Crippen LogP contribution in [-0.4, -0.2) is 29.1 Å². The van der Waals surface area contributed by atoms with Crippen LogP contribution < -0.4 is 11.1 Å². The third kappa shape index (κ3) is 12.8. The Bertz CT molecular complexity index is 247. The summed E-state index contributed by atoms with van der Waals surface area (Å²) in [5.74, 6) is -0.749. The van der Waals surface area contributed by atoms with Crippen molar-refractivity contribution in [3.05, 3.63) is 0 Å². The third-order valence-electron chi connectivity index (χ3n) is 2.39. The zero-order valence-electron chi connectivity index (χ0n) is 10.8. The minimum atomic E-state index is -0.765. The zero-order valence-corrected chi connectivity index (χ0v) is 10.8. The summed E-state index contributed by atoms with van der Waals surface area (Å²) in [5.41, 5.74) is 5.46. The molecular weight excluding hydrogens is 220 g/mol. The molecule has 0 aliphatic rings. The van der Waals surface area contributed by atoms with Gasteiger partial charge in [0.15, 0.2) is 0 Å². The summed E-state index contributed by atoms with van der Waals surface area (Å²) < 4.78 is 0. The third-order valence-corrected chi connectivity index (χ3v) is 2.39. The van der Waals surface area contributed by atoms with Gasteiger partial charge in [-0.1, -0.05) is 6.42 Å². The van der Waals surface area contributed by atoms with Crippen LogP contribution in [-0.2, 0) is 9.59 Å². The van der Waals surface area contributed by atoms with Gasteiger partial charge in [-0.2, -0.15) is 0 Å². The predicted octanol–water partition coefficient (Wildman–Crippen LogP) is 1.27. The Labute approximate surface area is 103 Å². The smallest absolute Gasteiger partial charge is 0.303 e. The van der Waals surface area contributed by atoms with E-state index in [9.17, 15) is 9.59 Å². The molecule has 0 bridgehead atoms. The van der Waals surface area contributed by atoms with Crippen molar-refractivity contribution in [3.63, 3.8) is 0 Å². The van der Waals surface area contributed by atoms with Crippen LogP contribution in [0.1, 0.15) is 52.4 Å². The van der Waals surface area contributed by atoms with Crippen LogP contribution in [0.15, 0.2) is 0 Å². The van der Waals surface area contributed by atoms with Crippen LogP contribution in [0.25, 0.3) is 0 Å². The molecule has 0 saturated heterocycles. The van der Waals surface area contributed by atoms with E-state index < -0.39 is 5.97 Å². The Kier molecular flexibility index (Phi) is 7.54. The van der Waals surface area contributed by atoms with Crippen molar-refractivity contribution in [2.75, 3.05) is 6.54 Å². The highest BCUT2D eigenvalue weighted by atomic mass is 16.4. The van der Waals surface area contributed by atoms with E-state index in [1.54, 1.807) is 0 Å². The van der Waals surface area contributed by atoms with Gasteiger partial charge in [0.1, 0.15) is 0 Å². The second-order valence-corrected chi connectivity index (χ2v) is 5.04. The highest BCUT2D eigenvalue weighted by Gasteiger charge is 2.12. The van der Waals surface area contributed by atoms with Gasteiger partial charge >= 0.3 is 5.97 Å². The zero-order chi connectivity index (χ0) is 13.3. The van der Waals surface area contributed by atoms with Crippen LogP contribution in [0.5, 0.6) is 0 Å². The maximum Gasteiger partial charge on any atom is 0.303 e. The fourth-order valence-corrected chi connectivity index (χ4v) is 1.33. The molecule has 5 nitrogen and oxygen atoms in total. The molecule has 100 valence electrons. The lowest BCUT2D eigenvalue weighted by atomic mass is 10.00. The molecule has 0 aliphatic heterocycles. The lowest BCUT2D eigenvalue weighted by molar-refractivity contribution is -0.137. The number of carboxylic acids is 1. The van der Waals surface area contributed by atoms with Crippen molar-refractivity contribution in [1.29, 1.82) is 0 Å². The number of amides is 1. The molecule has 0 aromatic heterocycles. The molecule has 0 rings (SSSR count). The molecule has 0 unspecified atom stereocenters. The van der Waals surface area contributed by atoms with Crippen LogP contribution in [0, 0.1) is 0 Å². The summed E-state index contributed by atoms with van der Waals surface area (Å²) in [6.45, 7) is 4.40. The van der Waals surface area contributed by atoms with Gasteiger partial charge in [-0.25, -0.2) is 0 Å². The first-order valence-electron chi connectivity index (χ1n) is 6.08. The predicted molar refractivity (Wildman–Crippen MR) is 66.6 cm³/mol. The van der Waals surface area contributed by atoms with Gasteiger partial charge in [-0.15, -0.1) is 0 Å². The highest BCUT2D eigenvalue weighted by Crippen LogP contribution is 2.06. The summed E-state index contributed by atoms with van der Waals surface area (Å²) in [6.07, 6.45) is 3.63. The molecule has 0 aliphatic carbocycles. The van der Waals surface area contributed by atoms with E-state index in [2.05, 4.69) is 5.32 Å². The molecule has 17 heavy (non-hydrogen) atoms. The number of hydrogen-bond donors (Lipinski definition) is 3. The minimum absolute atomic E-state index is 0.0155. The summed E-state index contributed by atoms with van der Waals surface area (Å²) in [6, 6.07) is 0. The summed E-state index contributed by atoms with van der Waals surface area (Å²) in [4.78, 5) is 21.6. The number of carbonyl (C=O) groups excluding carboxylic acids is 1. The highest BCUT2D eigenvalue weighted by molar-refractivity contribution is 5.75. The topological polar surface area (TPSA) is 92.4 Å². The number of hydrogen-bond acceptors (Lipinski definition) is 3. The monoisotopic (exact) mass is 244 g/mol. The fourth-order valence-electron chi connectivity index (χ4n) is 1.33. The van der Waals surface area contributed by atoms with Crippen LogP contribution in [0.4, 0.5) is 0 Å². The number of unbranched alkanes of at least 4 members (excludes halogenated alkanes) is 2. The maximum atomic E-state index is 11.4. The van der Waals surface area contributed by atoms with Crippen molar-refractivity contribution in [3.8, 4) is 0 Å². The normalized spacial score (nSPS) is 11.2. The summed E-state index contributed by atoms with van der Waals surface area (Å²) in [7, 11) is 0. The van der Waals surface area contributed by atoms with Crippen LogP contribution >= 0.6 is 0 Å². The Morgan fingerprint density at radius 1 is 1.18 bits per heavy atom. The van der Waals surface area contributed by atoms with Gasteiger partial charge in [0.05, 0.1) is 0 Å². The molecular formula is C12H24N2O3. The first-order chi connectivity index (χ1) is 7.81. The minimum Gasteiger partial charge on any atom is -0.481 e. The van der Waals surface area contributed by atoms with E-state index in [-0.39, 0.29) is 17.9 Å². The van der Waals surface area contributed by atoms with E-state index in [1.807, 2.05) is 13.8 Å². The molecule has 5 heteroatoms. The molecule has 1 amide bonds. The van der Waals surface area contributed by atoms with Crippen molar-refractivity contribution in [2.24, 2.45) is 5.73 Å². The second-order valence-electron chi connectivity index (χ2n) is 5.04. The Hall–Kier alpha value is -1.10. The standard InChI is InChI=1S/C12H24N2O3/c1-12(2,13)8-7-10(15)14-9-5-3-4-6-11(16)17/h3-9,13H2,1-2H3,(H,14,15)(H,16,17). The molecule has 0 saturated carbocycles. The number of aliphatic carboxylic acids is 1. The van der Waals surface area contributed by atoms with Gasteiger partial charge in [0, 0.05) is 24.9 Å². The second kappa shape index (κ2) is 8.06. The van der Waals surface area contributed by atoms with Crippen molar-refractivity contribution in [1.82, 2.24) is 5.32 Å². The maximum absolute atomic E-state index is 11.4. The van der Waals surface area contributed by atoms with E-state index in [0.717, 1.165) is 12.8 Å². The molecule has 0 aromatic carbocycles. The Morgan fingerprint density at radius 2 is 1.82 bits per heavy atom. The Balaban J connectivity index is 3.37. The van der Waals surface area contributed by atoms with Gasteiger partial charge in [-0.3, -0.25) is 9.59 Å². The Morgan fingerprint density at radius 3 is 2.35 bits per heavy atom. The average molecular weight is 244 g/mol. The molecule has 0 aromatic rings. The number of carboxylic acid groups (broad SMARTS) is 1. The van der Waals surface area contributed by atoms with Gasteiger partial charge in [0.2, 0.25) is 5.91 Å². The molecule has 0 radical (unpaired) electrons. The van der Waals surface area contributed by atoms with Gasteiger partial charge in [0.25, 0.3) is 0 Å². The van der Waals surface area contributed by atoms with Crippen molar-refractivity contribution < 1.29 is 14.7 Å². The van der Waals surface area contributed by atoms with Crippen molar-refractivity contribution in [2.45, 2.75) is 57.9 Å². The first kappa shape index (κ1) is 15.9. The first-order valence-corrected chi connectivity index (χ1v) is 6.08. The number of carbonyl (C=O) groups is 2. The lowest BCUT2D eigenvalue weighted by Gasteiger charge is -2.17. The lowest BCUT2D eigenvalue weighted by Crippen LogP contribution is -2.34. The molecule has 0 atom stereocenters. The summed E-state index contributed by atoms with van der Waals surface area (Å²) in [5, 5.41) is 11.2. The SMILES string of the molecule is CC(C)(N)CCC(=O)NCCCCCC(=O)O. The summed E-state index contributed by atoms with van der Waals surface area (Å²) >= 11 is 0. The quantitative estimate of drug-likeness (QED) is 0.532. The van der Waals surface area contributed by atoms with Crippen LogP contribution in [0.2, 0.25) is 0 Å². The number of rotatable bonds is 9. The van der Waals surface area contributed by atoms with Gasteiger partial charge in [-0.05, 0) is 33.1 Å². The van der Waals surface area contributed by atoms with Crippen molar-refractivity contribution >= 4 is 11.9 Å². The fraction of sp³-hybridized carbons (Fsp3) is 0.833. The average Bonchev–Trinajstić information content (AvgIpc) is 2.19. The van der Waals surface area contributed by atoms with E-state index in [1.165, 1.54) is 0 Å². The van der Waals surface area contributed by atoms with E-state index in [0.29, 0.717) is 25.8 Å². The molecule has 0 fully saturated rings. The van der Waals surface area contributed by atoms with Crippen LogP contribution in [0.3, 0.4) is 0 Å². The largest absolute Gasteiger partial charge is 0.481 e. The van der Waals surface area contributed by atoms with Gasteiger partial charge < -0.3 is 16.2 Å². The van der Waals surface area contributed by atoms with E-state index >= 15 is 0 Å². The number of nitrogens with two attached hydrogens (primary N) is 1. The molecule has 4 N–H and O–H groups in total. The van der Waals surface area contributed by atoms with E-state index in [4.69, 9.17) is 10.8 Å². The number of nitrogens with one attached hydrogen (secondary N) is 1. The molecule has 0 heterocycles. The molecule has 0 spiro atoms.